The van der Waals surface area contributed by atoms with Gasteiger partial charge in [-0.05, 0) is 69.0 Å². The number of hydrogen-bond donors (Lipinski definition) is 0. The van der Waals surface area contributed by atoms with Crippen LogP contribution in [0.3, 0.4) is 0 Å². The van der Waals surface area contributed by atoms with Gasteiger partial charge in [0.25, 0.3) is 0 Å². The van der Waals surface area contributed by atoms with Crippen molar-refractivity contribution in [1.29, 1.82) is 0 Å². The largest absolute Gasteiger partial charge is 0.492 e. The first-order valence-electron chi connectivity index (χ1n) is 10.5. The van der Waals surface area contributed by atoms with Crippen molar-refractivity contribution in [2.24, 2.45) is 5.92 Å². The van der Waals surface area contributed by atoms with Crippen LogP contribution in [0.1, 0.15) is 45.4 Å². The molecule has 3 heterocycles. The summed E-state index contributed by atoms with van der Waals surface area (Å²) >= 11 is 0. The third-order valence-corrected chi connectivity index (χ3v) is 6.21. The van der Waals surface area contributed by atoms with Gasteiger partial charge in [-0.2, -0.15) is 4.98 Å². The second-order valence-electron chi connectivity index (χ2n) is 8.45. The van der Waals surface area contributed by atoms with Gasteiger partial charge in [0.15, 0.2) is 0 Å². The van der Waals surface area contributed by atoms with Crippen molar-refractivity contribution in [3.63, 3.8) is 0 Å². The van der Waals surface area contributed by atoms with Crippen LogP contribution in [0.25, 0.3) is 11.4 Å². The minimum Gasteiger partial charge on any atom is -0.492 e. The van der Waals surface area contributed by atoms with Gasteiger partial charge in [-0.3, -0.25) is 4.90 Å². The Labute approximate surface area is 167 Å². The van der Waals surface area contributed by atoms with E-state index in [1.807, 2.05) is 24.3 Å². The molecule has 2 saturated heterocycles. The molecule has 2 aliphatic heterocycles. The average Bonchev–Trinajstić information content (AvgIpc) is 3.42. The van der Waals surface area contributed by atoms with Crippen LogP contribution in [0.2, 0.25) is 0 Å². The van der Waals surface area contributed by atoms with Gasteiger partial charge in [0, 0.05) is 30.7 Å². The number of nitrogens with zero attached hydrogens (tertiary/aromatic N) is 3. The SMILES string of the molecule is CC(C)(c1nc(-c2ccc(OCCN3CCCC3)cc2)no1)C1CCOCC1. The third-order valence-electron chi connectivity index (χ3n) is 6.21. The molecule has 0 unspecified atom stereocenters. The zero-order chi connectivity index (χ0) is 19.4. The lowest BCUT2D eigenvalue weighted by atomic mass is 9.74. The van der Waals surface area contributed by atoms with Gasteiger partial charge in [0.2, 0.25) is 11.7 Å². The summed E-state index contributed by atoms with van der Waals surface area (Å²) < 4.78 is 17.0. The minimum absolute atomic E-state index is 0.145. The van der Waals surface area contributed by atoms with E-state index < -0.39 is 0 Å². The lowest BCUT2D eigenvalue weighted by molar-refractivity contribution is 0.0368. The Morgan fingerprint density at radius 3 is 2.54 bits per heavy atom. The van der Waals surface area contributed by atoms with Crippen molar-refractivity contribution in [1.82, 2.24) is 15.0 Å². The zero-order valence-corrected chi connectivity index (χ0v) is 17.0. The van der Waals surface area contributed by atoms with E-state index in [4.69, 9.17) is 19.0 Å². The molecule has 6 heteroatoms. The van der Waals surface area contributed by atoms with Gasteiger partial charge in [-0.25, -0.2) is 0 Å². The molecule has 2 aliphatic rings. The Hall–Kier alpha value is -1.92. The highest BCUT2D eigenvalue weighted by molar-refractivity contribution is 5.55. The fourth-order valence-corrected chi connectivity index (χ4v) is 4.20. The first-order valence-corrected chi connectivity index (χ1v) is 10.5. The molecule has 0 spiro atoms. The van der Waals surface area contributed by atoms with Crippen molar-refractivity contribution in [3.05, 3.63) is 30.2 Å². The van der Waals surface area contributed by atoms with E-state index in [1.165, 1.54) is 25.9 Å². The molecule has 28 heavy (non-hydrogen) atoms. The molecule has 0 aliphatic carbocycles. The predicted molar refractivity (Wildman–Crippen MR) is 107 cm³/mol. The number of likely N-dealkylation sites (tertiary alicyclic amines) is 1. The van der Waals surface area contributed by atoms with Gasteiger partial charge in [0.05, 0.1) is 0 Å². The van der Waals surface area contributed by atoms with Gasteiger partial charge in [0.1, 0.15) is 12.4 Å². The number of hydrogen-bond acceptors (Lipinski definition) is 6. The maximum absolute atomic E-state index is 5.88. The van der Waals surface area contributed by atoms with Crippen LogP contribution < -0.4 is 4.74 Å². The second-order valence-corrected chi connectivity index (χ2v) is 8.45. The summed E-state index contributed by atoms with van der Waals surface area (Å²) in [4.78, 5) is 7.16. The predicted octanol–water partition coefficient (Wildman–Crippen LogP) is 3.92. The molecule has 0 saturated carbocycles. The molecule has 6 nitrogen and oxygen atoms in total. The Balaban J connectivity index is 1.36. The quantitative estimate of drug-likeness (QED) is 0.720. The molecule has 0 atom stereocenters. The van der Waals surface area contributed by atoms with Crippen LogP contribution in [0.15, 0.2) is 28.8 Å². The summed E-state index contributed by atoms with van der Waals surface area (Å²) in [5.41, 5.74) is 0.804. The van der Waals surface area contributed by atoms with Crippen LogP contribution in [0, 0.1) is 5.92 Å². The standard InChI is InChI=1S/C22H31N3O3/c1-22(2,18-9-14-26-15-10-18)21-23-20(24-28-21)17-5-7-19(8-6-17)27-16-13-25-11-3-4-12-25/h5-8,18H,3-4,9-16H2,1-2H3. The van der Waals surface area contributed by atoms with E-state index in [1.54, 1.807) is 0 Å². The van der Waals surface area contributed by atoms with Crippen molar-refractivity contribution < 1.29 is 14.0 Å². The van der Waals surface area contributed by atoms with Crippen molar-refractivity contribution in [2.45, 2.75) is 44.9 Å². The second kappa shape index (κ2) is 8.62. The summed E-state index contributed by atoms with van der Waals surface area (Å²) in [6.07, 6.45) is 4.70. The summed E-state index contributed by atoms with van der Waals surface area (Å²) in [7, 11) is 0. The van der Waals surface area contributed by atoms with Gasteiger partial charge in [-0.15, -0.1) is 0 Å². The fraction of sp³-hybridized carbons (Fsp3) is 0.636. The Kier molecular flexibility index (Phi) is 5.97. The Morgan fingerprint density at radius 1 is 1.11 bits per heavy atom. The fourth-order valence-electron chi connectivity index (χ4n) is 4.20. The number of ether oxygens (including phenoxy) is 2. The van der Waals surface area contributed by atoms with Crippen LogP contribution >= 0.6 is 0 Å². The Morgan fingerprint density at radius 2 is 1.82 bits per heavy atom. The molecular weight excluding hydrogens is 354 g/mol. The van der Waals surface area contributed by atoms with Crippen molar-refractivity contribution in [3.8, 4) is 17.1 Å². The number of benzene rings is 1. The normalized spacial score (nSPS) is 19.2. The van der Waals surface area contributed by atoms with Crippen LogP contribution in [0.4, 0.5) is 0 Å². The van der Waals surface area contributed by atoms with E-state index >= 15 is 0 Å². The highest BCUT2D eigenvalue weighted by Crippen LogP contribution is 2.37. The summed E-state index contributed by atoms with van der Waals surface area (Å²) in [5, 5.41) is 4.23. The molecule has 0 radical (unpaired) electrons. The summed E-state index contributed by atoms with van der Waals surface area (Å²) in [6.45, 7) is 10.1. The lowest BCUT2D eigenvalue weighted by Gasteiger charge is -2.33. The molecule has 0 bridgehead atoms. The molecule has 1 aromatic carbocycles. The van der Waals surface area contributed by atoms with Crippen molar-refractivity contribution in [2.75, 3.05) is 39.5 Å². The van der Waals surface area contributed by atoms with E-state index in [0.717, 1.165) is 50.5 Å². The van der Waals surface area contributed by atoms with E-state index in [-0.39, 0.29) is 5.41 Å². The van der Waals surface area contributed by atoms with E-state index in [2.05, 4.69) is 23.9 Å². The third kappa shape index (κ3) is 4.39. The van der Waals surface area contributed by atoms with E-state index in [0.29, 0.717) is 17.6 Å². The van der Waals surface area contributed by atoms with Gasteiger partial charge in [-0.1, -0.05) is 19.0 Å². The first-order chi connectivity index (χ1) is 13.6. The highest BCUT2D eigenvalue weighted by Gasteiger charge is 2.37. The topological polar surface area (TPSA) is 60.6 Å². The summed E-state index contributed by atoms with van der Waals surface area (Å²) in [5.74, 6) is 2.73. The smallest absolute Gasteiger partial charge is 0.232 e. The first kappa shape index (κ1) is 19.4. The van der Waals surface area contributed by atoms with Crippen LogP contribution in [-0.4, -0.2) is 54.5 Å². The molecule has 4 rings (SSSR count). The molecule has 2 aromatic rings. The number of aromatic nitrogens is 2. The average molecular weight is 386 g/mol. The maximum Gasteiger partial charge on any atom is 0.232 e. The van der Waals surface area contributed by atoms with Gasteiger partial charge >= 0.3 is 0 Å². The van der Waals surface area contributed by atoms with Gasteiger partial charge < -0.3 is 14.0 Å². The maximum atomic E-state index is 5.88. The van der Waals surface area contributed by atoms with Crippen LogP contribution in [0.5, 0.6) is 5.75 Å². The highest BCUT2D eigenvalue weighted by atomic mass is 16.5. The lowest BCUT2D eigenvalue weighted by Crippen LogP contribution is -2.33. The van der Waals surface area contributed by atoms with Crippen molar-refractivity contribution >= 4 is 0 Å². The zero-order valence-electron chi connectivity index (χ0n) is 17.0. The monoisotopic (exact) mass is 385 g/mol. The van der Waals surface area contributed by atoms with E-state index in [9.17, 15) is 0 Å². The number of rotatable bonds is 7. The molecule has 0 amide bonds. The van der Waals surface area contributed by atoms with Crippen LogP contribution in [-0.2, 0) is 10.2 Å². The molecule has 1 aromatic heterocycles. The minimum atomic E-state index is -0.145. The molecule has 152 valence electrons. The summed E-state index contributed by atoms with van der Waals surface area (Å²) in [6, 6.07) is 7.97. The molecule has 2 fully saturated rings. The molecule has 0 N–H and O–H groups in total. The molecular formula is C22H31N3O3. The Bertz CT molecular complexity index is 745.